The first kappa shape index (κ1) is 16.6. The largest absolute Gasteiger partial charge is 0.352 e. The lowest BCUT2D eigenvalue weighted by Crippen LogP contribution is -2.52. The number of benzene rings is 1. The zero-order chi connectivity index (χ0) is 16.1. The third-order valence-electron chi connectivity index (χ3n) is 4.16. The minimum Gasteiger partial charge on any atom is -0.352 e. The number of carbonyl (C=O) groups excluding carboxylic acids is 2. The molecule has 1 aromatic rings. The highest BCUT2D eigenvalue weighted by atomic mass is 19.1. The summed E-state index contributed by atoms with van der Waals surface area (Å²) < 4.78 is 13.2. The molecule has 1 aromatic carbocycles. The molecule has 1 amide bonds. The molecule has 5 heteroatoms. The van der Waals surface area contributed by atoms with Gasteiger partial charge in [-0.25, -0.2) is 4.39 Å². The third kappa shape index (κ3) is 4.37. The maximum Gasteiger partial charge on any atom is 0.220 e. The van der Waals surface area contributed by atoms with E-state index in [0.29, 0.717) is 5.56 Å². The van der Waals surface area contributed by atoms with Gasteiger partial charge in [0.15, 0.2) is 5.78 Å². The van der Waals surface area contributed by atoms with Crippen molar-refractivity contribution in [2.24, 2.45) is 5.92 Å². The van der Waals surface area contributed by atoms with Crippen molar-refractivity contribution in [1.29, 1.82) is 0 Å². The van der Waals surface area contributed by atoms with Crippen molar-refractivity contribution in [3.05, 3.63) is 35.6 Å². The van der Waals surface area contributed by atoms with E-state index in [9.17, 15) is 14.0 Å². The van der Waals surface area contributed by atoms with Gasteiger partial charge in [-0.05, 0) is 38.4 Å². The highest BCUT2D eigenvalue weighted by Gasteiger charge is 2.24. The molecule has 0 saturated carbocycles. The van der Waals surface area contributed by atoms with Crippen LogP contribution in [0.25, 0.3) is 0 Å². The molecule has 3 atom stereocenters. The van der Waals surface area contributed by atoms with Gasteiger partial charge >= 0.3 is 0 Å². The molecule has 2 rings (SSSR count). The number of rotatable bonds is 5. The van der Waals surface area contributed by atoms with E-state index < -0.39 is 11.7 Å². The van der Waals surface area contributed by atoms with Gasteiger partial charge in [0, 0.05) is 30.0 Å². The second-order valence-corrected chi connectivity index (χ2v) is 6.04. The van der Waals surface area contributed by atoms with Crippen molar-refractivity contribution < 1.29 is 14.0 Å². The van der Waals surface area contributed by atoms with Crippen LogP contribution in [0.4, 0.5) is 4.39 Å². The van der Waals surface area contributed by atoms with Crippen molar-refractivity contribution in [3.63, 3.8) is 0 Å². The van der Waals surface area contributed by atoms with E-state index in [1.165, 1.54) is 18.2 Å². The summed E-state index contributed by atoms with van der Waals surface area (Å²) in [7, 11) is 0. The Balaban J connectivity index is 1.89. The second-order valence-electron chi connectivity index (χ2n) is 6.04. The maximum absolute atomic E-state index is 13.2. The van der Waals surface area contributed by atoms with Gasteiger partial charge in [-0.3, -0.25) is 9.59 Å². The first-order valence-electron chi connectivity index (χ1n) is 7.80. The van der Waals surface area contributed by atoms with E-state index in [1.807, 2.05) is 6.92 Å². The highest BCUT2D eigenvalue weighted by molar-refractivity contribution is 5.99. The van der Waals surface area contributed by atoms with Gasteiger partial charge in [0.25, 0.3) is 0 Å². The quantitative estimate of drug-likeness (QED) is 0.821. The molecule has 0 bridgehead atoms. The lowest BCUT2D eigenvalue weighted by atomic mass is 9.95. The van der Waals surface area contributed by atoms with E-state index >= 15 is 0 Å². The lowest BCUT2D eigenvalue weighted by molar-refractivity contribution is -0.122. The Morgan fingerprint density at radius 3 is 2.91 bits per heavy atom. The van der Waals surface area contributed by atoms with E-state index in [-0.39, 0.29) is 30.2 Å². The Hall–Kier alpha value is -1.75. The molecule has 3 unspecified atom stereocenters. The maximum atomic E-state index is 13.2. The van der Waals surface area contributed by atoms with Crippen LogP contribution in [0, 0.1) is 11.7 Å². The number of hydrogen-bond acceptors (Lipinski definition) is 3. The fourth-order valence-electron chi connectivity index (χ4n) is 2.80. The molecule has 0 spiro atoms. The monoisotopic (exact) mass is 306 g/mol. The van der Waals surface area contributed by atoms with Gasteiger partial charge in [0.05, 0.1) is 0 Å². The number of Topliss-reactive ketones (excluding diaryl/α,β-unsaturated/α-hetero) is 1. The molecular formula is C17H23FN2O2. The van der Waals surface area contributed by atoms with Crippen molar-refractivity contribution >= 4 is 11.7 Å². The van der Waals surface area contributed by atoms with E-state index in [1.54, 1.807) is 13.0 Å². The van der Waals surface area contributed by atoms with Crippen molar-refractivity contribution in [1.82, 2.24) is 10.6 Å². The lowest BCUT2D eigenvalue weighted by Gasteiger charge is -2.30. The fourth-order valence-corrected chi connectivity index (χ4v) is 2.80. The number of ketones is 1. The van der Waals surface area contributed by atoms with Crippen LogP contribution >= 0.6 is 0 Å². The highest BCUT2D eigenvalue weighted by Crippen LogP contribution is 2.14. The van der Waals surface area contributed by atoms with Gasteiger partial charge in [0.1, 0.15) is 5.82 Å². The predicted octanol–water partition coefficient (Wildman–Crippen LogP) is 2.29. The summed E-state index contributed by atoms with van der Waals surface area (Å²) in [6.45, 7) is 4.72. The molecule has 1 aliphatic rings. The third-order valence-corrected chi connectivity index (χ3v) is 4.16. The predicted molar refractivity (Wildman–Crippen MR) is 83.1 cm³/mol. The smallest absolute Gasteiger partial charge is 0.220 e. The number of amides is 1. The fraction of sp³-hybridized carbons (Fsp3) is 0.529. The minimum absolute atomic E-state index is 0.109. The Kier molecular flexibility index (Phi) is 5.66. The zero-order valence-corrected chi connectivity index (χ0v) is 13.1. The van der Waals surface area contributed by atoms with Crippen LogP contribution in [-0.2, 0) is 4.79 Å². The average molecular weight is 306 g/mol. The first-order chi connectivity index (χ1) is 10.5. The minimum atomic E-state index is -0.464. The van der Waals surface area contributed by atoms with Crippen molar-refractivity contribution in [3.8, 4) is 0 Å². The SMILES string of the molecule is CC(CC(=O)NC1CCCNC1C)C(=O)c1cccc(F)c1. The molecule has 1 heterocycles. The van der Waals surface area contributed by atoms with Crippen LogP contribution in [0.3, 0.4) is 0 Å². The van der Waals surface area contributed by atoms with Crippen LogP contribution in [0.5, 0.6) is 0 Å². The summed E-state index contributed by atoms with van der Waals surface area (Å²) in [5.74, 6) is -1.24. The summed E-state index contributed by atoms with van der Waals surface area (Å²) in [5, 5.41) is 6.31. The summed E-state index contributed by atoms with van der Waals surface area (Å²) >= 11 is 0. The molecule has 120 valence electrons. The molecular weight excluding hydrogens is 283 g/mol. The van der Waals surface area contributed by atoms with Gasteiger partial charge < -0.3 is 10.6 Å². The molecule has 0 aliphatic carbocycles. The van der Waals surface area contributed by atoms with Crippen molar-refractivity contribution in [2.45, 2.75) is 45.2 Å². The first-order valence-corrected chi connectivity index (χ1v) is 7.80. The molecule has 1 saturated heterocycles. The molecule has 1 aliphatic heterocycles. The molecule has 4 nitrogen and oxygen atoms in total. The standard InChI is InChI=1S/C17H23FN2O2/c1-11(17(22)13-5-3-6-14(18)10-13)9-16(21)20-15-7-4-8-19-12(15)2/h3,5-6,10-12,15,19H,4,7-9H2,1-2H3,(H,20,21). The Bertz CT molecular complexity index is 547. The van der Waals surface area contributed by atoms with E-state index in [2.05, 4.69) is 10.6 Å². The number of carbonyl (C=O) groups is 2. The summed E-state index contributed by atoms with van der Waals surface area (Å²) in [5.41, 5.74) is 0.313. The number of halogens is 1. The summed E-state index contributed by atoms with van der Waals surface area (Å²) in [6, 6.07) is 5.94. The van der Waals surface area contributed by atoms with Gasteiger partial charge in [-0.15, -0.1) is 0 Å². The van der Waals surface area contributed by atoms with Crippen LogP contribution in [0.15, 0.2) is 24.3 Å². The summed E-state index contributed by atoms with van der Waals surface area (Å²) in [4.78, 5) is 24.3. The zero-order valence-electron chi connectivity index (χ0n) is 13.1. The van der Waals surface area contributed by atoms with Crippen molar-refractivity contribution in [2.75, 3.05) is 6.54 Å². The second kappa shape index (κ2) is 7.49. The van der Waals surface area contributed by atoms with Gasteiger partial charge in [-0.2, -0.15) is 0 Å². The average Bonchev–Trinajstić information content (AvgIpc) is 2.48. The Morgan fingerprint density at radius 2 is 2.23 bits per heavy atom. The normalized spacial score (nSPS) is 22.9. The number of hydrogen-bond donors (Lipinski definition) is 2. The molecule has 1 fully saturated rings. The van der Waals surface area contributed by atoms with Gasteiger partial charge in [-0.1, -0.05) is 19.1 Å². The number of nitrogens with one attached hydrogen (secondary N) is 2. The molecule has 0 radical (unpaired) electrons. The Morgan fingerprint density at radius 1 is 1.45 bits per heavy atom. The topological polar surface area (TPSA) is 58.2 Å². The molecule has 0 aromatic heterocycles. The summed E-state index contributed by atoms with van der Waals surface area (Å²) in [6.07, 6.45) is 2.11. The van der Waals surface area contributed by atoms with Crippen LogP contribution in [-0.4, -0.2) is 30.3 Å². The van der Waals surface area contributed by atoms with Crippen LogP contribution in [0.1, 0.15) is 43.5 Å². The Labute approximate surface area is 130 Å². The van der Waals surface area contributed by atoms with Gasteiger partial charge in [0.2, 0.25) is 5.91 Å². The van der Waals surface area contributed by atoms with E-state index in [4.69, 9.17) is 0 Å². The molecule has 22 heavy (non-hydrogen) atoms. The van der Waals surface area contributed by atoms with Crippen LogP contribution in [0.2, 0.25) is 0 Å². The molecule has 2 N–H and O–H groups in total. The van der Waals surface area contributed by atoms with Crippen LogP contribution < -0.4 is 10.6 Å². The number of piperidine rings is 1. The van der Waals surface area contributed by atoms with E-state index in [0.717, 1.165) is 19.4 Å².